The Morgan fingerprint density at radius 2 is 1.96 bits per heavy atom. The molecule has 1 unspecified atom stereocenters. The SMILES string of the molecule is CNC(=O)C1COC2(CN(C(=O)CCc3ccccc3)C2)CN1C. The normalized spacial score (nSPS) is 22.9. The van der Waals surface area contributed by atoms with E-state index in [-0.39, 0.29) is 23.5 Å². The molecule has 1 N–H and O–H groups in total. The number of carbonyl (C=O) groups is 2. The summed E-state index contributed by atoms with van der Waals surface area (Å²) >= 11 is 0. The van der Waals surface area contributed by atoms with Gasteiger partial charge in [-0.2, -0.15) is 0 Å². The minimum atomic E-state index is -0.304. The van der Waals surface area contributed by atoms with Crippen molar-refractivity contribution in [3.63, 3.8) is 0 Å². The number of hydrogen-bond acceptors (Lipinski definition) is 4. The van der Waals surface area contributed by atoms with Gasteiger partial charge in [0.2, 0.25) is 11.8 Å². The minimum absolute atomic E-state index is 0.0255. The van der Waals surface area contributed by atoms with E-state index in [1.54, 1.807) is 7.05 Å². The third kappa shape index (κ3) is 3.44. The quantitative estimate of drug-likeness (QED) is 0.861. The summed E-state index contributed by atoms with van der Waals surface area (Å²) in [5, 5.41) is 2.66. The molecule has 6 heteroatoms. The number of amides is 2. The Morgan fingerprint density at radius 1 is 1.25 bits per heavy atom. The van der Waals surface area contributed by atoms with Crippen LogP contribution in [0.3, 0.4) is 0 Å². The van der Waals surface area contributed by atoms with E-state index >= 15 is 0 Å². The predicted octanol–water partition coefficient (Wildman–Crippen LogP) is 0.277. The van der Waals surface area contributed by atoms with Crippen LogP contribution < -0.4 is 5.32 Å². The molecule has 0 aromatic heterocycles. The Balaban J connectivity index is 1.47. The summed E-state index contributed by atoms with van der Waals surface area (Å²) in [5.41, 5.74) is 0.880. The van der Waals surface area contributed by atoms with Crippen molar-refractivity contribution >= 4 is 11.8 Å². The summed E-state index contributed by atoms with van der Waals surface area (Å²) < 4.78 is 5.95. The predicted molar refractivity (Wildman–Crippen MR) is 90.5 cm³/mol. The average molecular weight is 331 g/mol. The van der Waals surface area contributed by atoms with Gasteiger partial charge >= 0.3 is 0 Å². The molecule has 6 nitrogen and oxygen atoms in total. The van der Waals surface area contributed by atoms with Crippen LogP contribution in [0.5, 0.6) is 0 Å². The Kier molecular flexibility index (Phi) is 4.87. The van der Waals surface area contributed by atoms with Crippen LogP contribution in [-0.2, 0) is 20.7 Å². The number of hydrogen-bond donors (Lipinski definition) is 1. The zero-order valence-corrected chi connectivity index (χ0v) is 14.3. The van der Waals surface area contributed by atoms with Gasteiger partial charge in [-0.05, 0) is 19.0 Å². The molecule has 130 valence electrons. The van der Waals surface area contributed by atoms with E-state index in [1.165, 1.54) is 5.56 Å². The minimum Gasteiger partial charge on any atom is -0.368 e. The molecule has 0 aliphatic carbocycles. The van der Waals surface area contributed by atoms with Crippen LogP contribution in [0.1, 0.15) is 12.0 Å². The molecular weight excluding hydrogens is 306 g/mol. The van der Waals surface area contributed by atoms with Gasteiger partial charge < -0.3 is 15.0 Å². The van der Waals surface area contributed by atoms with Gasteiger partial charge in [0.1, 0.15) is 11.6 Å². The molecule has 0 radical (unpaired) electrons. The van der Waals surface area contributed by atoms with Crippen molar-refractivity contribution in [2.75, 3.05) is 40.3 Å². The lowest BCUT2D eigenvalue weighted by molar-refractivity contribution is -0.201. The molecule has 1 aromatic rings. The second-order valence-corrected chi connectivity index (χ2v) is 6.77. The van der Waals surface area contributed by atoms with Crippen molar-refractivity contribution in [1.29, 1.82) is 0 Å². The molecule has 2 amide bonds. The molecular formula is C18H25N3O3. The highest BCUT2D eigenvalue weighted by Gasteiger charge is 2.50. The smallest absolute Gasteiger partial charge is 0.239 e. The molecule has 1 aromatic carbocycles. The topological polar surface area (TPSA) is 61.9 Å². The monoisotopic (exact) mass is 331 g/mol. The molecule has 2 aliphatic heterocycles. The van der Waals surface area contributed by atoms with Gasteiger partial charge in [0.05, 0.1) is 19.7 Å². The number of morpholine rings is 1. The molecule has 2 aliphatic rings. The molecule has 1 atom stereocenters. The summed E-state index contributed by atoms with van der Waals surface area (Å²) in [5.74, 6) is 0.145. The Labute approximate surface area is 142 Å². The molecule has 3 rings (SSSR count). The number of nitrogens with zero attached hydrogens (tertiary/aromatic N) is 2. The maximum atomic E-state index is 12.3. The molecule has 0 bridgehead atoms. The van der Waals surface area contributed by atoms with Crippen molar-refractivity contribution in [2.45, 2.75) is 24.5 Å². The number of likely N-dealkylation sites (N-methyl/N-ethyl adjacent to an activating group) is 2. The van der Waals surface area contributed by atoms with E-state index in [1.807, 2.05) is 47.2 Å². The van der Waals surface area contributed by atoms with E-state index < -0.39 is 0 Å². The van der Waals surface area contributed by atoms with Crippen LogP contribution in [0.25, 0.3) is 0 Å². The van der Waals surface area contributed by atoms with Gasteiger partial charge in [0, 0.05) is 20.0 Å². The van der Waals surface area contributed by atoms with Gasteiger partial charge in [-0.3, -0.25) is 14.5 Å². The van der Waals surface area contributed by atoms with Crippen molar-refractivity contribution in [3.05, 3.63) is 35.9 Å². The van der Waals surface area contributed by atoms with Crippen LogP contribution in [0.2, 0.25) is 0 Å². The second kappa shape index (κ2) is 6.91. The van der Waals surface area contributed by atoms with Crippen molar-refractivity contribution in [3.8, 4) is 0 Å². The number of benzene rings is 1. The van der Waals surface area contributed by atoms with Crippen LogP contribution in [-0.4, -0.2) is 73.6 Å². The van der Waals surface area contributed by atoms with Gasteiger partial charge in [-0.15, -0.1) is 0 Å². The number of aryl methyl sites for hydroxylation is 1. The van der Waals surface area contributed by atoms with Crippen LogP contribution in [0.15, 0.2) is 30.3 Å². The lowest BCUT2D eigenvalue weighted by Crippen LogP contribution is -2.73. The molecule has 24 heavy (non-hydrogen) atoms. The van der Waals surface area contributed by atoms with Gasteiger partial charge in [0.25, 0.3) is 0 Å². The van der Waals surface area contributed by atoms with E-state index in [2.05, 4.69) is 5.32 Å². The zero-order chi connectivity index (χ0) is 17.2. The molecule has 2 fully saturated rings. The first-order valence-corrected chi connectivity index (χ1v) is 8.40. The average Bonchev–Trinajstić information content (AvgIpc) is 2.57. The lowest BCUT2D eigenvalue weighted by atomic mass is 9.90. The Bertz CT molecular complexity index is 599. The highest BCUT2D eigenvalue weighted by Crippen LogP contribution is 2.31. The number of ether oxygens (including phenoxy) is 1. The summed E-state index contributed by atoms with van der Waals surface area (Å²) in [6.07, 6.45) is 1.29. The van der Waals surface area contributed by atoms with Crippen molar-refractivity contribution in [1.82, 2.24) is 15.1 Å². The third-order valence-electron chi connectivity index (χ3n) is 4.95. The maximum absolute atomic E-state index is 12.3. The molecule has 2 saturated heterocycles. The fourth-order valence-corrected chi connectivity index (χ4v) is 3.51. The van der Waals surface area contributed by atoms with Gasteiger partial charge in [-0.25, -0.2) is 0 Å². The largest absolute Gasteiger partial charge is 0.368 e. The summed E-state index contributed by atoms with van der Waals surface area (Å²) in [4.78, 5) is 28.0. The maximum Gasteiger partial charge on any atom is 0.239 e. The first-order valence-electron chi connectivity index (χ1n) is 8.40. The van der Waals surface area contributed by atoms with Crippen LogP contribution >= 0.6 is 0 Å². The first kappa shape index (κ1) is 16.9. The lowest BCUT2D eigenvalue weighted by Gasteiger charge is -2.54. The van der Waals surface area contributed by atoms with Crippen LogP contribution in [0.4, 0.5) is 0 Å². The number of carbonyl (C=O) groups excluding carboxylic acids is 2. The highest BCUT2D eigenvalue weighted by atomic mass is 16.5. The summed E-state index contributed by atoms with van der Waals surface area (Å²) in [6, 6.07) is 9.81. The van der Waals surface area contributed by atoms with E-state index in [9.17, 15) is 9.59 Å². The van der Waals surface area contributed by atoms with E-state index in [0.717, 1.165) is 6.42 Å². The molecule has 1 spiro atoms. The fraction of sp³-hybridized carbons (Fsp3) is 0.556. The van der Waals surface area contributed by atoms with E-state index in [0.29, 0.717) is 32.7 Å². The van der Waals surface area contributed by atoms with E-state index in [4.69, 9.17) is 4.74 Å². The van der Waals surface area contributed by atoms with Crippen molar-refractivity contribution in [2.24, 2.45) is 0 Å². The standard InChI is InChI=1S/C18H25N3O3/c1-19-17(23)15-10-24-18(11-20(15)2)12-21(13-18)16(22)9-8-14-6-4-3-5-7-14/h3-7,15H,8-13H2,1-2H3,(H,19,23). The summed E-state index contributed by atoms with van der Waals surface area (Å²) in [6.45, 7) is 2.28. The number of rotatable bonds is 4. The zero-order valence-electron chi connectivity index (χ0n) is 14.3. The van der Waals surface area contributed by atoms with Gasteiger partial charge in [-0.1, -0.05) is 30.3 Å². The van der Waals surface area contributed by atoms with Gasteiger partial charge in [0.15, 0.2) is 0 Å². The molecule has 0 saturated carbocycles. The number of likely N-dealkylation sites (tertiary alicyclic amines) is 1. The second-order valence-electron chi connectivity index (χ2n) is 6.77. The molecule has 2 heterocycles. The third-order valence-corrected chi connectivity index (χ3v) is 4.95. The van der Waals surface area contributed by atoms with Crippen molar-refractivity contribution < 1.29 is 14.3 Å². The highest BCUT2D eigenvalue weighted by molar-refractivity contribution is 5.82. The summed E-state index contributed by atoms with van der Waals surface area (Å²) in [7, 11) is 3.57. The van der Waals surface area contributed by atoms with Crippen LogP contribution in [0, 0.1) is 0 Å². The Morgan fingerprint density at radius 3 is 2.58 bits per heavy atom. The first-order chi connectivity index (χ1) is 11.5. The number of nitrogens with one attached hydrogen (secondary N) is 1. The Hall–Kier alpha value is -1.92. The fourth-order valence-electron chi connectivity index (χ4n) is 3.51.